The lowest BCUT2D eigenvalue weighted by atomic mass is 10.1. The van der Waals surface area contributed by atoms with E-state index in [1.807, 2.05) is 32.0 Å². The summed E-state index contributed by atoms with van der Waals surface area (Å²) in [7, 11) is 0. The standard InChI is InChI=1S/C23H25N3O2S/c1-16-8-9-20(17(2)12-16)28-15-22(27)25-23-24-19-10-11-26(14-21(19)29-23)13-18-6-4-3-5-7-18/h3-9,12H,10-11,13-15H2,1-2H3,(H,24,25,27)/p+1. The van der Waals surface area contributed by atoms with E-state index in [0.29, 0.717) is 5.13 Å². The van der Waals surface area contributed by atoms with Crippen molar-refractivity contribution in [3.63, 3.8) is 0 Å². The predicted octanol–water partition coefficient (Wildman–Crippen LogP) is 2.92. The summed E-state index contributed by atoms with van der Waals surface area (Å²) >= 11 is 1.59. The minimum Gasteiger partial charge on any atom is -0.483 e. The number of benzene rings is 2. The minimum atomic E-state index is -0.176. The number of hydrogen-bond acceptors (Lipinski definition) is 4. The number of anilines is 1. The highest BCUT2D eigenvalue weighted by Crippen LogP contribution is 2.24. The van der Waals surface area contributed by atoms with Crippen molar-refractivity contribution in [2.45, 2.75) is 33.4 Å². The molecule has 2 N–H and O–H groups in total. The van der Waals surface area contributed by atoms with Crippen LogP contribution in [0.25, 0.3) is 0 Å². The number of hydrogen-bond donors (Lipinski definition) is 2. The molecular formula is C23H26N3O2S+. The molecule has 1 atom stereocenters. The second-order valence-corrected chi connectivity index (χ2v) is 8.67. The number of quaternary nitrogens is 1. The lowest BCUT2D eigenvalue weighted by Crippen LogP contribution is -3.10. The normalized spacial score (nSPS) is 15.6. The van der Waals surface area contributed by atoms with Crippen LogP contribution in [0.4, 0.5) is 5.13 Å². The maximum absolute atomic E-state index is 12.3. The largest absolute Gasteiger partial charge is 0.483 e. The van der Waals surface area contributed by atoms with E-state index >= 15 is 0 Å². The fraction of sp³-hybridized carbons (Fsp3) is 0.304. The van der Waals surface area contributed by atoms with Crippen molar-refractivity contribution >= 4 is 22.4 Å². The molecule has 1 aliphatic rings. The summed E-state index contributed by atoms with van der Waals surface area (Å²) in [6.07, 6.45) is 0.947. The SMILES string of the molecule is Cc1ccc(OCC(=O)Nc2nc3c(s2)C[NH+](Cc2ccccc2)CC3)c(C)c1. The molecule has 0 saturated carbocycles. The van der Waals surface area contributed by atoms with E-state index in [-0.39, 0.29) is 12.5 Å². The number of nitrogens with zero attached hydrogens (tertiary/aromatic N) is 1. The zero-order valence-electron chi connectivity index (χ0n) is 16.8. The number of rotatable bonds is 6. The second kappa shape index (κ2) is 8.76. The summed E-state index contributed by atoms with van der Waals surface area (Å²) < 4.78 is 5.67. The second-order valence-electron chi connectivity index (χ2n) is 7.58. The summed E-state index contributed by atoms with van der Waals surface area (Å²) in [5.41, 5.74) is 4.69. The zero-order valence-corrected chi connectivity index (χ0v) is 17.6. The van der Waals surface area contributed by atoms with Gasteiger partial charge in [-0.05, 0) is 25.5 Å². The first-order chi connectivity index (χ1) is 14.1. The molecule has 6 heteroatoms. The highest BCUT2D eigenvalue weighted by atomic mass is 32.1. The van der Waals surface area contributed by atoms with Crippen LogP contribution in [0.15, 0.2) is 48.5 Å². The van der Waals surface area contributed by atoms with Gasteiger partial charge in [-0.2, -0.15) is 0 Å². The van der Waals surface area contributed by atoms with Gasteiger partial charge in [0.25, 0.3) is 5.91 Å². The molecule has 2 aromatic carbocycles. The minimum absolute atomic E-state index is 0.0144. The Morgan fingerprint density at radius 2 is 2.03 bits per heavy atom. The van der Waals surface area contributed by atoms with E-state index in [4.69, 9.17) is 4.74 Å². The quantitative estimate of drug-likeness (QED) is 0.659. The van der Waals surface area contributed by atoms with E-state index in [2.05, 4.69) is 40.6 Å². The third-order valence-corrected chi connectivity index (χ3v) is 6.15. The monoisotopic (exact) mass is 408 g/mol. The molecular weight excluding hydrogens is 382 g/mol. The van der Waals surface area contributed by atoms with Gasteiger partial charge in [0, 0.05) is 12.0 Å². The summed E-state index contributed by atoms with van der Waals surface area (Å²) in [5.74, 6) is 0.564. The average molecular weight is 409 g/mol. The Balaban J connectivity index is 1.32. The first-order valence-electron chi connectivity index (χ1n) is 9.93. The molecule has 2 heterocycles. The molecule has 0 fully saturated rings. The summed E-state index contributed by atoms with van der Waals surface area (Å²) in [5, 5.41) is 3.57. The number of fused-ring (bicyclic) bond motifs is 1. The fourth-order valence-corrected chi connectivity index (χ4v) is 4.77. The summed E-state index contributed by atoms with van der Waals surface area (Å²) in [6.45, 7) is 7.05. The van der Waals surface area contributed by atoms with Crippen LogP contribution < -0.4 is 15.0 Å². The maximum atomic E-state index is 12.3. The van der Waals surface area contributed by atoms with Crippen LogP contribution in [0.1, 0.15) is 27.3 Å². The van der Waals surface area contributed by atoms with Crippen LogP contribution >= 0.6 is 11.3 Å². The zero-order chi connectivity index (χ0) is 20.2. The van der Waals surface area contributed by atoms with E-state index in [0.717, 1.165) is 43.1 Å². The first-order valence-corrected chi connectivity index (χ1v) is 10.7. The number of thiazole rings is 1. The van der Waals surface area contributed by atoms with Crippen LogP contribution in [-0.2, 0) is 24.3 Å². The van der Waals surface area contributed by atoms with Gasteiger partial charge in [-0.25, -0.2) is 4.98 Å². The molecule has 1 unspecified atom stereocenters. The molecule has 0 saturated heterocycles. The molecule has 3 aromatic rings. The molecule has 1 aromatic heterocycles. The number of amides is 1. The van der Waals surface area contributed by atoms with Gasteiger partial charge >= 0.3 is 0 Å². The third-order valence-electron chi connectivity index (χ3n) is 5.14. The molecule has 0 bridgehead atoms. The number of carbonyl (C=O) groups excluding carboxylic acids is 1. The number of carbonyl (C=O) groups is 1. The van der Waals surface area contributed by atoms with E-state index in [1.54, 1.807) is 11.3 Å². The molecule has 1 aliphatic heterocycles. The highest BCUT2D eigenvalue weighted by Gasteiger charge is 2.24. The number of ether oxygens (including phenoxy) is 1. The topological polar surface area (TPSA) is 55.7 Å². The smallest absolute Gasteiger partial charge is 0.264 e. The van der Waals surface area contributed by atoms with Crippen LogP contribution in [0.5, 0.6) is 5.75 Å². The number of nitrogens with one attached hydrogen (secondary N) is 2. The van der Waals surface area contributed by atoms with Crippen molar-refractivity contribution in [3.05, 3.63) is 75.8 Å². The van der Waals surface area contributed by atoms with Gasteiger partial charge < -0.3 is 9.64 Å². The van der Waals surface area contributed by atoms with Gasteiger partial charge in [-0.15, -0.1) is 0 Å². The first kappa shape index (κ1) is 19.6. The molecule has 0 aliphatic carbocycles. The van der Waals surface area contributed by atoms with Gasteiger partial charge in [0.1, 0.15) is 18.8 Å². The van der Waals surface area contributed by atoms with E-state index in [1.165, 1.54) is 20.9 Å². The average Bonchev–Trinajstić information content (AvgIpc) is 3.09. The maximum Gasteiger partial charge on any atom is 0.264 e. The van der Waals surface area contributed by atoms with Gasteiger partial charge in [0.2, 0.25) is 0 Å². The Morgan fingerprint density at radius 1 is 1.21 bits per heavy atom. The molecule has 4 rings (SSSR count). The number of aromatic nitrogens is 1. The van der Waals surface area contributed by atoms with Crippen LogP contribution in [0.3, 0.4) is 0 Å². The van der Waals surface area contributed by atoms with E-state index < -0.39 is 0 Å². The Bertz CT molecular complexity index is 1000. The fourth-order valence-electron chi connectivity index (χ4n) is 3.68. The Morgan fingerprint density at radius 3 is 2.83 bits per heavy atom. The Labute approximate surface area is 175 Å². The van der Waals surface area contributed by atoms with Gasteiger partial charge in [0.15, 0.2) is 11.7 Å². The molecule has 5 nitrogen and oxygen atoms in total. The lowest BCUT2D eigenvalue weighted by Gasteiger charge is -2.22. The van der Waals surface area contributed by atoms with Gasteiger partial charge in [-0.3, -0.25) is 10.1 Å². The van der Waals surface area contributed by atoms with Crippen molar-refractivity contribution < 1.29 is 14.4 Å². The predicted molar refractivity (Wildman–Crippen MR) is 116 cm³/mol. The number of aryl methyl sites for hydroxylation is 2. The van der Waals surface area contributed by atoms with Gasteiger partial charge in [0.05, 0.1) is 17.1 Å². The van der Waals surface area contributed by atoms with Crippen molar-refractivity contribution in [1.82, 2.24) is 4.98 Å². The van der Waals surface area contributed by atoms with Gasteiger partial charge in [-0.1, -0.05) is 59.4 Å². The summed E-state index contributed by atoms with van der Waals surface area (Å²) in [6, 6.07) is 16.5. The molecule has 29 heavy (non-hydrogen) atoms. The lowest BCUT2D eigenvalue weighted by molar-refractivity contribution is -0.929. The molecule has 0 radical (unpaired) electrons. The summed E-state index contributed by atoms with van der Waals surface area (Å²) in [4.78, 5) is 19.7. The van der Waals surface area contributed by atoms with Crippen molar-refractivity contribution in [1.29, 1.82) is 0 Å². The van der Waals surface area contributed by atoms with Crippen LogP contribution in [0, 0.1) is 13.8 Å². The molecule has 0 spiro atoms. The molecule has 1 amide bonds. The van der Waals surface area contributed by atoms with Crippen LogP contribution in [0.2, 0.25) is 0 Å². The molecule has 150 valence electrons. The van der Waals surface area contributed by atoms with Crippen molar-refractivity contribution in [2.24, 2.45) is 0 Å². The third kappa shape index (κ3) is 5.02. The highest BCUT2D eigenvalue weighted by molar-refractivity contribution is 7.15. The van der Waals surface area contributed by atoms with Crippen molar-refractivity contribution in [2.75, 3.05) is 18.5 Å². The Kier molecular flexibility index (Phi) is 5.92. The van der Waals surface area contributed by atoms with Crippen molar-refractivity contribution in [3.8, 4) is 5.75 Å². The van der Waals surface area contributed by atoms with E-state index in [9.17, 15) is 4.79 Å². The van der Waals surface area contributed by atoms with Crippen LogP contribution in [-0.4, -0.2) is 24.0 Å². The Hall–Kier alpha value is -2.70.